The highest BCUT2D eigenvalue weighted by Crippen LogP contribution is 1.88. The van der Waals surface area contributed by atoms with Gasteiger partial charge in [0.2, 0.25) is 0 Å². The molecule has 0 fully saturated rings. The van der Waals surface area contributed by atoms with E-state index in [9.17, 15) is 0 Å². The molecular weight excluding hydrogens is 268 g/mol. The summed E-state index contributed by atoms with van der Waals surface area (Å²) in [5.41, 5.74) is 0. The molecule has 0 saturated heterocycles. The van der Waals surface area contributed by atoms with Crippen LogP contribution in [0.3, 0.4) is 0 Å². The molecule has 0 rings (SSSR count). The molecule has 0 aliphatic carbocycles. The molecular formula is C16H36N2O3. The highest BCUT2D eigenvalue weighted by atomic mass is 16.5. The normalized spacial score (nSPS) is 14.3. The molecule has 0 aromatic heterocycles. The van der Waals surface area contributed by atoms with Gasteiger partial charge in [-0.15, -0.1) is 0 Å². The third-order valence-corrected chi connectivity index (χ3v) is 2.97. The number of rotatable bonds is 16. The average molecular weight is 304 g/mol. The fourth-order valence-corrected chi connectivity index (χ4v) is 1.76. The lowest BCUT2D eigenvalue weighted by atomic mass is 10.3. The summed E-state index contributed by atoms with van der Waals surface area (Å²) in [6.45, 7) is 14.7. The van der Waals surface area contributed by atoms with Gasteiger partial charge in [-0.25, -0.2) is 0 Å². The van der Waals surface area contributed by atoms with Crippen molar-refractivity contribution in [3.63, 3.8) is 0 Å². The van der Waals surface area contributed by atoms with Crippen LogP contribution >= 0.6 is 0 Å². The molecule has 0 aliphatic heterocycles. The Kier molecular flexibility index (Phi) is 16.0. The molecule has 0 saturated carbocycles. The van der Waals surface area contributed by atoms with Gasteiger partial charge in [0.1, 0.15) is 0 Å². The van der Waals surface area contributed by atoms with Gasteiger partial charge in [0.05, 0.1) is 39.6 Å². The van der Waals surface area contributed by atoms with Crippen molar-refractivity contribution in [3.05, 3.63) is 0 Å². The van der Waals surface area contributed by atoms with Gasteiger partial charge in [-0.2, -0.15) is 0 Å². The van der Waals surface area contributed by atoms with E-state index >= 15 is 0 Å². The molecule has 2 unspecified atom stereocenters. The van der Waals surface area contributed by atoms with Crippen LogP contribution in [-0.2, 0) is 14.2 Å². The van der Waals surface area contributed by atoms with Crippen molar-refractivity contribution in [3.8, 4) is 0 Å². The molecule has 21 heavy (non-hydrogen) atoms. The summed E-state index contributed by atoms with van der Waals surface area (Å²) in [5.74, 6) is 0. The van der Waals surface area contributed by atoms with E-state index in [-0.39, 0.29) is 0 Å². The highest BCUT2D eigenvalue weighted by Gasteiger charge is 2.01. The molecule has 2 atom stereocenters. The number of hydrogen-bond donors (Lipinski definition) is 2. The van der Waals surface area contributed by atoms with Crippen molar-refractivity contribution >= 4 is 0 Å². The first-order valence-electron chi connectivity index (χ1n) is 8.40. The second-order valence-corrected chi connectivity index (χ2v) is 5.47. The lowest BCUT2D eigenvalue weighted by Gasteiger charge is -2.14. The largest absolute Gasteiger partial charge is 0.377 e. The molecule has 0 aromatic rings. The Bertz CT molecular complexity index is 186. The van der Waals surface area contributed by atoms with E-state index < -0.39 is 0 Å². The second kappa shape index (κ2) is 16.2. The van der Waals surface area contributed by atoms with E-state index in [1.807, 2.05) is 0 Å². The fraction of sp³-hybridized carbons (Fsp3) is 1.00. The minimum absolute atomic E-state index is 0.408. The third-order valence-electron chi connectivity index (χ3n) is 2.97. The molecule has 0 radical (unpaired) electrons. The van der Waals surface area contributed by atoms with E-state index in [2.05, 4.69) is 38.3 Å². The number of ether oxygens (including phenoxy) is 3. The first-order valence-corrected chi connectivity index (χ1v) is 8.40. The maximum atomic E-state index is 5.54. The van der Waals surface area contributed by atoms with Crippen LogP contribution in [0.1, 0.15) is 40.5 Å². The summed E-state index contributed by atoms with van der Waals surface area (Å²) in [4.78, 5) is 0. The highest BCUT2D eigenvalue weighted by molar-refractivity contribution is 4.58. The van der Waals surface area contributed by atoms with Crippen molar-refractivity contribution < 1.29 is 14.2 Å². The zero-order valence-corrected chi connectivity index (χ0v) is 14.5. The molecule has 5 nitrogen and oxygen atoms in total. The van der Waals surface area contributed by atoms with Gasteiger partial charge in [-0.3, -0.25) is 0 Å². The zero-order valence-electron chi connectivity index (χ0n) is 14.5. The molecule has 0 amide bonds. The van der Waals surface area contributed by atoms with Gasteiger partial charge < -0.3 is 24.8 Å². The minimum Gasteiger partial charge on any atom is -0.377 e. The van der Waals surface area contributed by atoms with Crippen LogP contribution in [0, 0.1) is 0 Å². The summed E-state index contributed by atoms with van der Waals surface area (Å²) in [7, 11) is 0. The van der Waals surface area contributed by atoms with Gasteiger partial charge in [0.15, 0.2) is 0 Å². The average Bonchev–Trinajstić information content (AvgIpc) is 2.49. The predicted octanol–water partition coefficient (Wildman–Crippen LogP) is 1.81. The SMILES string of the molecule is CCCNC(C)COCCOCCOCC(C)NCCC. The van der Waals surface area contributed by atoms with Gasteiger partial charge in [0.25, 0.3) is 0 Å². The van der Waals surface area contributed by atoms with Gasteiger partial charge >= 0.3 is 0 Å². The Morgan fingerprint density at radius 1 is 0.667 bits per heavy atom. The Hall–Kier alpha value is -0.200. The molecule has 5 heteroatoms. The minimum atomic E-state index is 0.408. The first kappa shape index (κ1) is 20.8. The molecule has 0 aromatic carbocycles. The van der Waals surface area contributed by atoms with Crippen LogP contribution in [-0.4, -0.2) is 64.8 Å². The summed E-state index contributed by atoms with van der Waals surface area (Å²) in [5, 5.41) is 6.77. The van der Waals surface area contributed by atoms with Crippen LogP contribution in [0.5, 0.6) is 0 Å². The molecule has 0 heterocycles. The Morgan fingerprint density at radius 3 is 1.43 bits per heavy atom. The lowest BCUT2D eigenvalue weighted by Crippen LogP contribution is -2.32. The predicted molar refractivity (Wildman–Crippen MR) is 88.0 cm³/mol. The van der Waals surface area contributed by atoms with Crippen LogP contribution in [0.2, 0.25) is 0 Å². The van der Waals surface area contributed by atoms with Crippen molar-refractivity contribution in [1.29, 1.82) is 0 Å². The van der Waals surface area contributed by atoms with Gasteiger partial charge in [-0.05, 0) is 39.8 Å². The quantitative estimate of drug-likeness (QED) is 0.426. The summed E-state index contributed by atoms with van der Waals surface area (Å²) in [6.07, 6.45) is 2.31. The molecule has 0 spiro atoms. The Labute approximate surface area is 131 Å². The number of nitrogens with one attached hydrogen (secondary N) is 2. The van der Waals surface area contributed by atoms with Crippen LogP contribution < -0.4 is 10.6 Å². The molecule has 0 aliphatic rings. The van der Waals surface area contributed by atoms with Crippen molar-refractivity contribution in [1.82, 2.24) is 10.6 Å². The standard InChI is InChI=1S/C16H36N2O3/c1-5-7-17-15(3)13-20-11-9-19-10-12-21-14-16(4)18-8-6-2/h15-18H,5-14H2,1-4H3. The fourth-order valence-electron chi connectivity index (χ4n) is 1.76. The second-order valence-electron chi connectivity index (χ2n) is 5.47. The summed E-state index contributed by atoms with van der Waals surface area (Å²) < 4.78 is 16.6. The zero-order chi connectivity index (χ0) is 15.8. The Balaban J connectivity index is 3.15. The third kappa shape index (κ3) is 16.0. The van der Waals surface area contributed by atoms with Gasteiger partial charge in [0, 0.05) is 12.1 Å². The first-order chi connectivity index (χ1) is 10.2. The number of hydrogen-bond acceptors (Lipinski definition) is 5. The van der Waals surface area contributed by atoms with Crippen LogP contribution in [0.25, 0.3) is 0 Å². The van der Waals surface area contributed by atoms with E-state index in [0.29, 0.717) is 38.5 Å². The molecule has 0 bridgehead atoms. The van der Waals surface area contributed by atoms with E-state index in [1.54, 1.807) is 0 Å². The molecule has 128 valence electrons. The van der Waals surface area contributed by atoms with Crippen LogP contribution in [0.15, 0.2) is 0 Å². The smallest absolute Gasteiger partial charge is 0.0701 e. The Morgan fingerprint density at radius 2 is 1.05 bits per heavy atom. The van der Waals surface area contributed by atoms with Crippen molar-refractivity contribution in [2.75, 3.05) is 52.7 Å². The topological polar surface area (TPSA) is 51.8 Å². The molecule has 2 N–H and O–H groups in total. The van der Waals surface area contributed by atoms with Crippen LogP contribution in [0.4, 0.5) is 0 Å². The van der Waals surface area contributed by atoms with E-state index in [1.165, 1.54) is 0 Å². The van der Waals surface area contributed by atoms with Crippen molar-refractivity contribution in [2.45, 2.75) is 52.6 Å². The monoisotopic (exact) mass is 304 g/mol. The van der Waals surface area contributed by atoms with E-state index in [4.69, 9.17) is 14.2 Å². The van der Waals surface area contributed by atoms with Crippen molar-refractivity contribution in [2.24, 2.45) is 0 Å². The van der Waals surface area contributed by atoms with Gasteiger partial charge in [-0.1, -0.05) is 13.8 Å². The summed E-state index contributed by atoms with van der Waals surface area (Å²) >= 11 is 0. The maximum Gasteiger partial charge on any atom is 0.0701 e. The maximum absolute atomic E-state index is 5.54. The lowest BCUT2D eigenvalue weighted by molar-refractivity contribution is 0.00828. The summed E-state index contributed by atoms with van der Waals surface area (Å²) in [6, 6.07) is 0.816. The van der Waals surface area contributed by atoms with E-state index in [0.717, 1.165) is 39.1 Å².